The maximum atomic E-state index is 13.4. The predicted molar refractivity (Wildman–Crippen MR) is 127 cm³/mol. The van der Waals surface area contributed by atoms with Gasteiger partial charge in [0, 0.05) is 5.02 Å². The van der Waals surface area contributed by atoms with E-state index in [2.05, 4.69) is 15.5 Å². The van der Waals surface area contributed by atoms with Crippen molar-refractivity contribution in [2.24, 2.45) is 0 Å². The van der Waals surface area contributed by atoms with Gasteiger partial charge < -0.3 is 4.74 Å². The maximum absolute atomic E-state index is 13.4. The van der Waals surface area contributed by atoms with Crippen LogP contribution in [0.1, 0.15) is 12.5 Å². The molecular weight excluding hydrogens is 492 g/mol. The second kappa shape index (κ2) is 9.26. The molecule has 0 saturated carbocycles. The molecule has 1 aliphatic rings. The van der Waals surface area contributed by atoms with Crippen molar-refractivity contribution in [1.82, 2.24) is 10.2 Å². The first kappa shape index (κ1) is 22.8. The first-order valence-electron chi connectivity index (χ1n) is 9.60. The van der Waals surface area contributed by atoms with Gasteiger partial charge >= 0.3 is 0 Å². The van der Waals surface area contributed by atoms with Gasteiger partial charge in [-0.25, -0.2) is 8.42 Å². The van der Waals surface area contributed by atoms with Gasteiger partial charge in [0.1, 0.15) is 5.75 Å². The largest absolute Gasteiger partial charge is 0.476 e. The summed E-state index contributed by atoms with van der Waals surface area (Å²) in [5.74, 6) is 0.564. The fraction of sp³-hybridized carbons (Fsp3) is 0.250. The summed E-state index contributed by atoms with van der Waals surface area (Å²) in [7, 11) is -3.97. The van der Waals surface area contributed by atoms with Crippen molar-refractivity contribution in [2.45, 2.75) is 29.2 Å². The van der Waals surface area contributed by atoms with E-state index in [-0.39, 0.29) is 22.9 Å². The van der Waals surface area contributed by atoms with Gasteiger partial charge in [-0.05, 0) is 43.0 Å². The van der Waals surface area contributed by atoms with E-state index in [1.807, 2.05) is 13.8 Å². The van der Waals surface area contributed by atoms with Crippen molar-refractivity contribution in [3.05, 3.63) is 53.1 Å². The molecule has 0 bridgehead atoms. The number of benzene rings is 2. The molecule has 0 aliphatic carbocycles. The lowest BCUT2D eigenvalue weighted by Crippen LogP contribution is -2.48. The summed E-state index contributed by atoms with van der Waals surface area (Å²) >= 11 is 8.88. The van der Waals surface area contributed by atoms with E-state index in [1.165, 1.54) is 41.3 Å². The Kier molecular flexibility index (Phi) is 6.61. The zero-order valence-electron chi connectivity index (χ0n) is 17.1. The topological polar surface area (TPSA) is 101 Å². The van der Waals surface area contributed by atoms with Gasteiger partial charge in [-0.3, -0.25) is 14.4 Å². The van der Waals surface area contributed by atoms with Crippen molar-refractivity contribution in [3.8, 4) is 5.75 Å². The number of halogens is 1. The number of fused-ring (bicyclic) bond motifs is 1. The fourth-order valence-electron chi connectivity index (χ4n) is 3.05. The van der Waals surface area contributed by atoms with Crippen LogP contribution in [0, 0.1) is 6.92 Å². The first-order valence-corrected chi connectivity index (χ1v) is 13.2. The lowest BCUT2D eigenvalue weighted by Gasteiger charge is -2.34. The van der Waals surface area contributed by atoms with Crippen LogP contribution in [0.5, 0.6) is 5.75 Å². The van der Waals surface area contributed by atoms with Gasteiger partial charge in [0.2, 0.25) is 5.13 Å². The number of ether oxygens (including phenoxy) is 1. The van der Waals surface area contributed by atoms with Crippen molar-refractivity contribution < 1.29 is 17.9 Å². The Bertz CT molecular complexity index is 1250. The number of nitrogens with one attached hydrogen (secondary N) is 1. The zero-order valence-corrected chi connectivity index (χ0v) is 20.3. The van der Waals surface area contributed by atoms with Crippen LogP contribution in [0.25, 0.3) is 0 Å². The fourth-order valence-corrected chi connectivity index (χ4v) is 6.34. The highest BCUT2D eigenvalue weighted by atomic mass is 35.5. The second-order valence-corrected chi connectivity index (χ2v) is 11.7. The Morgan fingerprint density at radius 2 is 2.03 bits per heavy atom. The van der Waals surface area contributed by atoms with E-state index < -0.39 is 22.0 Å². The summed E-state index contributed by atoms with van der Waals surface area (Å²) in [5, 5.41) is 11.3. The van der Waals surface area contributed by atoms with Crippen LogP contribution in [0.4, 0.5) is 10.8 Å². The molecule has 0 saturated heterocycles. The van der Waals surface area contributed by atoms with Crippen LogP contribution < -0.4 is 14.4 Å². The smallest absolute Gasteiger partial charge is 0.269 e. The minimum atomic E-state index is -3.97. The summed E-state index contributed by atoms with van der Waals surface area (Å²) in [6, 6.07) is 11.2. The number of amides is 1. The number of anilines is 2. The van der Waals surface area contributed by atoms with E-state index in [0.29, 0.717) is 10.2 Å². The zero-order chi connectivity index (χ0) is 22.9. The number of carbonyl (C=O) groups is 1. The van der Waals surface area contributed by atoms with E-state index in [0.717, 1.165) is 20.0 Å². The molecule has 32 heavy (non-hydrogen) atoms. The quantitative estimate of drug-likeness (QED) is 0.391. The third kappa shape index (κ3) is 4.70. The number of carbonyl (C=O) groups excluding carboxylic acids is 1. The number of aromatic nitrogens is 2. The highest BCUT2D eigenvalue weighted by molar-refractivity contribution is 8.01. The SMILES string of the molecule is CCSc1nnc(NC(=O)C2CN(S(=O)(=O)c3ccc(C)cc3)c3cc(Cl)ccc3O2)s1. The molecular formula is C20H19ClN4O4S3. The number of hydrogen-bond acceptors (Lipinski definition) is 8. The summed E-state index contributed by atoms with van der Waals surface area (Å²) in [5.41, 5.74) is 1.21. The number of aryl methyl sites for hydroxylation is 1. The van der Waals surface area contributed by atoms with E-state index in [4.69, 9.17) is 16.3 Å². The Balaban J connectivity index is 1.65. The van der Waals surface area contributed by atoms with Gasteiger partial charge in [-0.1, -0.05) is 59.3 Å². The average Bonchev–Trinajstić information content (AvgIpc) is 3.20. The first-order chi connectivity index (χ1) is 15.3. The normalized spacial score (nSPS) is 15.7. The van der Waals surface area contributed by atoms with Crippen molar-refractivity contribution >= 4 is 61.4 Å². The Morgan fingerprint density at radius 1 is 1.28 bits per heavy atom. The number of sulfonamides is 1. The standard InChI is InChI=1S/C20H19ClN4O4S3/c1-3-30-20-24-23-19(31-20)22-18(26)17-11-25(15-10-13(21)6-9-16(15)29-17)32(27,28)14-7-4-12(2)5-8-14/h4-10,17H,3,11H2,1-2H3,(H,22,23,26). The van der Waals surface area contributed by atoms with Crippen LogP contribution in [-0.4, -0.2) is 42.9 Å². The highest BCUT2D eigenvalue weighted by Crippen LogP contribution is 2.39. The lowest BCUT2D eigenvalue weighted by molar-refractivity contribution is -0.122. The Hall–Kier alpha value is -2.34. The number of rotatable bonds is 6. The molecule has 8 nitrogen and oxygen atoms in total. The lowest BCUT2D eigenvalue weighted by atomic mass is 10.2. The molecule has 1 atom stereocenters. The molecule has 1 amide bonds. The predicted octanol–water partition coefficient (Wildman–Crippen LogP) is 4.21. The molecule has 0 spiro atoms. The minimum absolute atomic E-state index is 0.112. The monoisotopic (exact) mass is 510 g/mol. The molecule has 2 heterocycles. The van der Waals surface area contributed by atoms with Crippen LogP contribution in [0.15, 0.2) is 51.7 Å². The average molecular weight is 511 g/mol. The van der Waals surface area contributed by atoms with Crippen molar-refractivity contribution in [3.63, 3.8) is 0 Å². The van der Waals surface area contributed by atoms with Crippen LogP contribution in [0.3, 0.4) is 0 Å². The Morgan fingerprint density at radius 3 is 2.75 bits per heavy atom. The molecule has 4 rings (SSSR count). The molecule has 0 fully saturated rings. The van der Waals surface area contributed by atoms with Crippen molar-refractivity contribution in [2.75, 3.05) is 21.9 Å². The minimum Gasteiger partial charge on any atom is -0.476 e. The van der Waals surface area contributed by atoms with Gasteiger partial charge in [0.25, 0.3) is 15.9 Å². The van der Waals surface area contributed by atoms with Gasteiger partial charge in [0.05, 0.1) is 17.1 Å². The third-order valence-electron chi connectivity index (χ3n) is 4.60. The molecule has 1 unspecified atom stereocenters. The maximum Gasteiger partial charge on any atom is 0.269 e. The van der Waals surface area contributed by atoms with Gasteiger partial charge in [0.15, 0.2) is 10.4 Å². The highest BCUT2D eigenvalue weighted by Gasteiger charge is 2.38. The Labute approximate surface area is 199 Å². The van der Waals surface area contributed by atoms with Crippen LogP contribution >= 0.6 is 34.7 Å². The molecule has 168 valence electrons. The number of thioether (sulfide) groups is 1. The molecule has 1 aromatic heterocycles. The van der Waals surface area contributed by atoms with Gasteiger partial charge in [-0.15, -0.1) is 10.2 Å². The number of hydrogen-bond donors (Lipinski definition) is 1. The molecule has 2 aromatic carbocycles. The molecule has 1 aliphatic heterocycles. The molecule has 1 N–H and O–H groups in total. The van der Waals surface area contributed by atoms with E-state index in [1.54, 1.807) is 24.3 Å². The summed E-state index contributed by atoms with van der Waals surface area (Å²) in [6.45, 7) is 3.65. The molecule has 3 aromatic rings. The van der Waals surface area contributed by atoms with E-state index in [9.17, 15) is 13.2 Å². The summed E-state index contributed by atoms with van der Waals surface area (Å²) < 4.78 is 34.6. The summed E-state index contributed by atoms with van der Waals surface area (Å²) in [6.07, 6.45) is -1.09. The van der Waals surface area contributed by atoms with Crippen molar-refractivity contribution in [1.29, 1.82) is 0 Å². The third-order valence-corrected chi connectivity index (χ3v) is 8.48. The van der Waals surface area contributed by atoms with Crippen LogP contribution in [-0.2, 0) is 14.8 Å². The summed E-state index contributed by atoms with van der Waals surface area (Å²) in [4.78, 5) is 13.0. The second-order valence-electron chi connectivity index (χ2n) is 6.86. The number of nitrogens with zero attached hydrogens (tertiary/aromatic N) is 3. The molecule has 12 heteroatoms. The molecule has 0 radical (unpaired) electrons. The van der Waals surface area contributed by atoms with E-state index >= 15 is 0 Å². The van der Waals surface area contributed by atoms with Crippen LogP contribution in [0.2, 0.25) is 5.02 Å². The van der Waals surface area contributed by atoms with Gasteiger partial charge in [-0.2, -0.15) is 0 Å².